The first-order valence-electron chi connectivity index (χ1n) is 9.84. The Bertz CT molecular complexity index is 1060. The van der Waals surface area contributed by atoms with E-state index in [1.165, 1.54) is 10.9 Å². The maximum atomic E-state index is 12.9. The molecule has 7 nitrogen and oxygen atoms in total. The van der Waals surface area contributed by atoms with Crippen molar-refractivity contribution in [2.24, 2.45) is 0 Å². The molecule has 2 aromatic carbocycles. The quantitative estimate of drug-likeness (QED) is 0.637. The molecule has 0 atom stereocenters. The van der Waals surface area contributed by atoms with E-state index in [0.717, 1.165) is 23.3 Å². The number of hydrogen-bond donors (Lipinski definition) is 0. The molecule has 0 aliphatic carbocycles. The Hall–Kier alpha value is -3.43. The summed E-state index contributed by atoms with van der Waals surface area (Å²) < 4.78 is 38.8. The Labute approximate surface area is 177 Å². The van der Waals surface area contributed by atoms with E-state index in [1.807, 2.05) is 36.1 Å². The SMILES string of the molecule is Cc1ccc(-c2nnn(CC(=O)N3CCN(c4cccc(C(F)(F)F)c4)CC3)n2)cc1. The lowest BCUT2D eigenvalue weighted by Crippen LogP contribution is -2.49. The lowest BCUT2D eigenvalue weighted by molar-refractivity contribution is -0.137. The van der Waals surface area contributed by atoms with Crippen molar-refractivity contribution in [2.75, 3.05) is 31.1 Å². The second kappa shape index (κ2) is 8.37. The molecule has 31 heavy (non-hydrogen) atoms. The topological polar surface area (TPSA) is 67.2 Å². The molecule has 162 valence electrons. The van der Waals surface area contributed by atoms with Gasteiger partial charge in [-0.1, -0.05) is 35.9 Å². The van der Waals surface area contributed by atoms with Gasteiger partial charge in [0.15, 0.2) is 0 Å². The van der Waals surface area contributed by atoms with Gasteiger partial charge in [-0.2, -0.15) is 18.0 Å². The van der Waals surface area contributed by atoms with Crippen LogP contribution in [0.2, 0.25) is 0 Å². The molecule has 1 aromatic heterocycles. The Morgan fingerprint density at radius 1 is 1.03 bits per heavy atom. The van der Waals surface area contributed by atoms with Crippen LogP contribution in [0.1, 0.15) is 11.1 Å². The minimum absolute atomic E-state index is 0.0393. The Balaban J connectivity index is 1.34. The molecule has 3 aromatic rings. The van der Waals surface area contributed by atoms with Crippen LogP contribution in [0.4, 0.5) is 18.9 Å². The molecular weight excluding hydrogens is 409 g/mol. The molecule has 1 aliphatic rings. The fourth-order valence-corrected chi connectivity index (χ4v) is 3.44. The minimum atomic E-state index is -4.38. The summed E-state index contributed by atoms with van der Waals surface area (Å²) in [4.78, 5) is 17.4. The number of piperazine rings is 1. The van der Waals surface area contributed by atoms with E-state index in [0.29, 0.717) is 37.7 Å². The highest BCUT2D eigenvalue weighted by molar-refractivity contribution is 5.76. The van der Waals surface area contributed by atoms with Crippen molar-refractivity contribution < 1.29 is 18.0 Å². The molecule has 0 N–H and O–H groups in total. The van der Waals surface area contributed by atoms with Crippen LogP contribution in [0.3, 0.4) is 0 Å². The van der Waals surface area contributed by atoms with Crippen LogP contribution in [0.5, 0.6) is 0 Å². The standard InChI is InChI=1S/C21H21F3N6O/c1-15-5-7-16(8-6-15)20-25-27-30(26-20)14-19(31)29-11-9-28(10-12-29)18-4-2-3-17(13-18)21(22,23)24/h2-8,13H,9-12,14H2,1H3. The largest absolute Gasteiger partial charge is 0.416 e. The number of hydrogen-bond acceptors (Lipinski definition) is 5. The first kappa shape index (κ1) is 20.8. The number of anilines is 1. The predicted octanol–water partition coefficient (Wildman–Crippen LogP) is 3.02. The van der Waals surface area contributed by atoms with Gasteiger partial charge in [0, 0.05) is 37.4 Å². The molecule has 0 bridgehead atoms. The number of benzene rings is 2. The number of rotatable bonds is 4. The van der Waals surface area contributed by atoms with Crippen LogP contribution in [-0.2, 0) is 17.5 Å². The van der Waals surface area contributed by atoms with E-state index in [-0.39, 0.29) is 12.5 Å². The fourth-order valence-electron chi connectivity index (χ4n) is 3.44. The third-order valence-electron chi connectivity index (χ3n) is 5.21. The van der Waals surface area contributed by atoms with E-state index < -0.39 is 11.7 Å². The van der Waals surface area contributed by atoms with E-state index in [1.54, 1.807) is 11.0 Å². The molecule has 0 unspecified atom stereocenters. The molecule has 0 saturated carbocycles. The van der Waals surface area contributed by atoms with Crippen LogP contribution in [-0.4, -0.2) is 57.2 Å². The third kappa shape index (κ3) is 4.84. The molecule has 1 amide bonds. The lowest BCUT2D eigenvalue weighted by Gasteiger charge is -2.36. The van der Waals surface area contributed by atoms with Gasteiger partial charge in [-0.25, -0.2) is 0 Å². The summed E-state index contributed by atoms with van der Waals surface area (Å²) in [6, 6.07) is 12.9. The van der Waals surface area contributed by atoms with Gasteiger partial charge >= 0.3 is 6.18 Å². The van der Waals surface area contributed by atoms with Crippen LogP contribution >= 0.6 is 0 Å². The zero-order valence-electron chi connectivity index (χ0n) is 16.9. The molecule has 1 saturated heterocycles. The minimum Gasteiger partial charge on any atom is -0.368 e. The van der Waals surface area contributed by atoms with Gasteiger partial charge in [-0.05, 0) is 30.3 Å². The third-order valence-corrected chi connectivity index (χ3v) is 5.21. The van der Waals surface area contributed by atoms with E-state index >= 15 is 0 Å². The molecule has 0 radical (unpaired) electrons. The number of amides is 1. The van der Waals surface area contributed by atoms with Crippen molar-refractivity contribution in [2.45, 2.75) is 19.6 Å². The zero-order valence-corrected chi connectivity index (χ0v) is 16.9. The molecule has 1 fully saturated rings. The van der Waals surface area contributed by atoms with Crippen molar-refractivity contribution in [1.82, 2.24) is 25.1 Å². The predicted molar refractivity (Wildman–Crippen MR) is 108 cm³/mol. The summed E-state index contributed by atoms with van der Waals surface area (Å²) >= 11 is 0. The summed E-state index contributed by atoms with van der Waals surface area (Å²) in [5, 5.41) is 12.2. The average molecular weight is 430 g/mol. The summed E-state index contributed by atoms with van der Waals surface area (Å²) in [6.45, 7) is 3.67. The second-order valence-corrected chi connectivity index (χ2v) is 7.43. The fraction of sp³-hybridized carbons (Fsp3) is 0.333. The van der Waals surface area contributed by atoms with Gasteiger partial charge in [0.2, 0.25) is 11.7 Å². The number of alkyl halides is 3. The highest BCUT2D eigenvalue weighted by atomic mass is 19.4. The van der Waals surface area contributed by atoms with Crippen molar-refractivity contribution in [1.29, 1.82) is 0 Å². The summed E-state index contributed by atoms with van der Waals surface area (Å²) in [6.07, 6.45) is -4.38. The first-order valence-corrected chi connectivity index (χ1v) is 9.84. The summed E-state index contributed by atoms with van der Waals surface area (Å²) in [5.74, 6) is 0.290. The van der Waals surface area contributed by atoms with Crippen molar-refractivity contribution in [3.05, 3.63) is 59.7 Å². The van der Waals surface area contributed by atoms with Crippen LogP contribution in [0, 0.1) is 6.92 Å². The monoisotopic (exact) mass is 430 g/mol. The van der Waals surface area contributed by atoms with Crippen molar-refractivity contribution in [3.63, 3.8) is 0 Å². The number of tetrazole rings is 1. The van der Waals surface area contributed by atoms with Gasteiger partial charge in [-0.3, -0.25) is 4.79 Å². The van der Waals surface area contributed by atoms with E-state index in [4.69, 9.17) is 0 Å². The second-order valence-electron chi connectivity index (χ2n) is 7.43. The van der Waals surface area contributed by atoms with E-state index in [9.17, 15) is 18.0 Å². The van der Waals surface area contributed by atoms with E-state index in [2.05, 4.69) is 15.4 Å². The summed E-state index contributed by atoms with van der Waals surface area (Å²) in [7, 11) is 0. The van der Waals surface area contributed by atoms with Gasteiger partial charge < -0.3 is 9.80 Å². The lowest BCUT2D eigenvalue weighted by atomic mass is 10.1. The van der Waals surface area contributed by atoms with Crippen LogP contribution < -0.4 is 4.90 Å². The molecule has 2 heterocycles. The number of aryl methyl sites for hydroxylation is 1. The molecule has 10 heteroatoms. The Morgan fingerprint density at radius 2 is 1.74 bits per heavy atom. The number of halogens is 3. The maximum Gasteiger partial charge on any atom is 0.416 e. The van der Waals surface area contributed by atoms with Crippen molar-refractivity contribution >= 4 is 11.6 Å². The highest BCUT2D eigenvalue weighted by Gasteiger charge is 2.31. The Morgan fingerprint density at radius 3 is 2.42 bits per heavy atom. The Kier molecular flexibility index (Phi) is 5.62. The van der Waals surface area contributed by atoms with Crippen molar-refractivity contribution in [3.8, 4) is 11.4 Å². The van der Waals surface area contributed by atoms with Gasteiger partial charge in [0.05, 0.1) is 5.56 Å². The van der Waals surface area contributed by atoms with Gasteiger partial charge in [0.1, 0.15) is 6.54 Å². The smallest absolute Gasteiger partial charge is 0.368 e. The van der Waals surface area contributed by atoms with Gasteiger partial charge in [0.25, 0.3) is 0 Å². The number of aromatic nitrogens is 4. The summed E-state index contributed by atoms with van der Waals surface area (Å²) in [5.41, 5.74) is 1.77. The van der Waals surface area contributed by atoms with Gasteiger partial charge in [-0.15, -0.1) is 10.2 Å². The number of carbonyl (C=O) groups excluding carboxylic acids is 1. The molecular formula is C21H21F3N6O. The molecule has 1 aliphatic heterocycles. The maximum absolute atomic E-state index is 12.9. The first-order chi connectivity index (χ1) is 14.8. The van der Waals surface area contributed by atoms with Crippen LogP contribution in [0.15, 0.2) is 48.5 Å². The highest BCUT2D eigenvalue weighted by Crippen LogP contribution is 2.31. The average Bonchev–Trinajstić information content (AvgIpc) is 3.22. The number of carbonyl (C=O) groups is 1. The normalized spacial score (nSPS) is 14.7. The zero-order chi connectivity index (χ0) is 22.0. The number of nitrogens with zero attached hydrogens (tertiary/aromatic N) is 6. The molecule has 4 rings (SSSR count). The van der Waals surface area contributed by atoms with Crippen LogP contribution in [0.25, 0.3) is 11.4 Å². The molecule has 0 spiro atoms.